The van der Waals surface area contributed by atoms with Crippen molar-refractivity contribution in [3.8, 4) is 11.1 Å². The topological polar surface area (TPSA) is 65.2 Å². The van der Waals surface area contributed by atoms with Crippen molar-refractivity contribution >= 4 is 17.3 Å². The molecule has 8 heteroatoms. The third-order valence-electron chi connectivity index (χ3n) is 7.59. The van der Waals surface area contributed by atoms with Gasteiger partial charge in [0, 0.05) is 50.9 Å². The highest BCUT2D eigenvalue weighted by atomic mass is 19.3. The summed E-state index contributed by atoms with van der Waals surface area (Å²) in [4.78, 5) is 23.8. The summed E-state index contributed by atoms with van der Waals surface area (Å²) >= 11 is 0. The Morgan fingerprint density at radius 2 is 1.73 bits per heavy atom. The summed E-state index contributed by atoms with van der Waals surface area (Å²) in [7, 11) is 1.86. The molecule has 1 amide bonds. The van der Waals surface area contributed by atoms with Crippen molar-refractivity contribution in [1.82, 2.24) is 9.80 Å². The van der Waals surface area contributed by atoms with E-state index in [1.807, 2.05) is 78.7 Å². The first-order chi connectivity index (χ1) is 17.8. The van der Waals surface area contributed by atoms with E-state index in [9.17, 15) is 13.6 Å². The maximum absolute atomic E-state index is 13.8. The summed E-state index contributed by atoms with van der Waals surface area (Å²) in [6.07, 6.45) is -0.769. The number of aliphatic imine (C=N–C) groups is 1. The lowest BCUT2D eigenvalue weighted by molar-refractivity contribution is -0.124. The molecule has 3 heterocycles. The zero-order chi connectivity index (χ0) is 25.7. The number of amides is 1. The van der Waals surface area contributed by atoms with Crippen LogP contribution < -0.4 is 10.6 Å². The Balaban J connectivity index is 1.34. The van der Waals surface area contributed by atoms with Crippen LogP contribution in [0.15, 0.2) is 71.7 Å². The molecular formula is C29H29F2N5O. The Morgan fingerprint density at radius 1 is 1.03 bits per heavy atom. The lowest BCUT2D eigenvalue weighted by Gasteiger charge is -2.32. The summed E-state index contributed by atoms with van der Waals surface area (Å²) in [5.41, 5.74) is 13.3. The van der Waals surface area contributed by atoms with E-state index < -0.39 is 12.2 Å². The molecule has 1 atom stereocenters. The molecule has 0 radical (unpaired) electrons. The third kappa shape index (κ3) is 4.40. The average Bonchev–Trinajstić information content (AvgIpc) is 3.48. The van der Waals surface area contributed by atoms with Crippen LogP contribution in [0.5, 0.6) is 0 Å². The van der Waals surface area contributed by atoms with Crippen molar-refractivity contribution in [2.45, 2.75) is 38.3 Å². The number of fused-ring (bicyclic) bond motifs is 2. The second-order valence-corrected chi connectivity index (χ2v) is 10.1. The van der Waals surface area contributed by atoms with Gasteiger partial charge in [-0.25, -0.2) is 13.8 Å². The number of nitrogens with two attached hydrogens (primary N) is 1. The van der Waals surface area contributed by atoms with Crippen LogP contribution in [-0.4, -0.2) is 53.8 Å². The molecule has 190 valence electrons. The van der Waals surface area contributed by atoms with Gasteiger partial charge in [0.2, 0.25) is 0 Å². The zero-order valence-electron chi connectivity index (χ0n) is 20.7. The monoisotopic (exact) mass is 501 g/mol. The molecule has 1 fully saturated rings. The van der Waals surface area contributed by atoms with Crippen molar-refractivity contribution < 1.29 is 13.6 Å². The maximum Gasteiger partial charge on any atom is 0.273 e. The molecule has 1 saturated heterocycles. The number of hydrogen-bond donors (Lipinski definition) is 1. The predicted octanol–water partition coefficient (Wildman–Crippen LogP) is 4.22. The van der Waals surface area contributed by atoms with Crippen molar-refractivity contribution in [2.75, 3.05) is 25.0 Å². The molecule has 3 aromatic rings. The number of anilines is 1. The van der Waals surface area contributed by atoms with E-state index in [1.54, 1.807) is 9.80 Å². The van der Waals surface area contributed by atoms with Crippen LogP contribution in [0.3, 0.4) is 0 Å². The lowest BCUT2D eigenvalue weighted by atomic mass is 9.94. The van der Waals surface area contributed by atoms with Crippen LogP contribution >= 0.6 is 0 Å². The molecule has 6 rings (SSSR count). The van der Waals surface area contributed by atoms with Crippen molar-refractivity contribution in [2.24, 2.45) is 10.7 Å². The molecule has 1 unspecified atom stereocenters. The van der Waals surface area contributed by atoms with Crippen LogP contribution in [0.4, 0.5) is 14.5 Å². The van der Waals surface area contributed by atoms with Crippen LogP contribution in [0.25, 0.3) is 11.1 Å². The van der Waals surface area contributed by atoms with Gasteiger partial charge in [0.25, 0.3) is 11.8 Å². The normalized spacial score (nSPS) is 20.5. The molecule has 2 N–H and O–H groups in total. The first-order valence-electron chi connectivity index (χ1n) is 12.5. The number of nitrogens with zero attached hydrogens (tertiary/aromatic N) is 4. The number of likely N-dealkylation sites (tertiary alicyclic amines) is 1. The summed E-state index contributed by atoms with van der Waals surface area (Å²) in [5.74, 6) is -2.78. The molecule has 3 aromatic carbocycles. The van der Waals surface area contributed by atoms with Gasteiger partial charge in [0.05, 0.1) is 6.54 Å². The average molecular weight is 502 g/mol. The van der Waals surface area contributed by atoms with Gasteiger partial charge in [-0.15, -0.1) is 0 Å². The standard InChI is InChI=1S/C29H29F2N5O/c1-34-25-11-10-19(23-9-5-4-8-22(23)15-35-13-12-29(30,31)18-35)14-24(25)26(33-28(34)32)27(37)36-16-20-6-2-3-7-21(20)17-36/h2-11,14,28H,12-13,15-18,32H2,1H3. The van der Waals surface area contributed by atoms with E-state index in [0.717, 1.165) is 39.1 Å². The fraction of sp³-hybridized carbons (Fsp3) is 0.310. The number of rotatable bonds is 4. The van der Waals surface area contributed by atoms with Gasteiger partial charge >= 0.3 is 0 Å². The number of alkyl halides is 2. The Bertz CT molecular complexity index is 1380. The summed E-state index contributed by atoms with van der Waals surface area (Å²) in [6.45, 7) is 1.67. The van der Waals surface area contributed by atoms with Crippen molar-refractivity contribution in [1.29, 1.82) is 0 Å². The highest BCUT2D eigenvalue weighted by Gasteiger charge is 2.38. The number of carbonyl (C=O) groups is 1. The Labute approximate surface area is 215 Å². The maximum atomic E-state index is 13.8. The largest absolute Gasteiger partial charge is 0.340 e. The van der Waals surface area contributed by atoms with Gasteiger partial charge in [-0.1, -0.05) is 54.6 Å². The smallest absolute Gasteiger partial charge is 0.273 e. The van der Waals surface area contributed by atoms with Gasteiger partial charge in [-0.3, -0.25) is 15.4 Å². The van der Waals surface area contributed by atoms with Gasteiger partial charge in [-0.2, -0.15) is 0 Å². The molecule has 0 aliphatic carbocycles. The highest BCUT2D eigenvalue weighted by molar-refractivity contribution is 6.47. The molecule has 0 bridgehead atoms. The van der Waals surface area contributed by atoms with Gasteiger partial charge in [0.15, 0.2) is 6.29 Å². The van der Waals surface area contributed by atoms with Crippen LogP contribution in [0, 0.1) is 0 Å². The fourth-order valence-electron chi connectivity index (χ4n) is 5.55. The van der Waals surface area contributed by atoms with Gasteiger partial charge in [-0.05, 0) is 39.9 Å². The van der Waals surface area contributed by atoms with E-state index in [2.05, 4.69) is 4.99 Å². The summed E-state index contributed by atoms with van der Waals surface area (Å²) in [5, 5.41) is 0. The molecule has 0 saturated carbocycles. The Morgan fingerprint density at radius 3 is 2.43 bits per heavy atom. The van der Waals surface area contributed by atoms with Crippen molar-refractivity contribution in [3.63, 3.8) is 0 Å². The minimum absolute atomic E-state index is 0.108. The molecule has 0 aromatic heterocycles. The number of halogens is 2. The first-order valence-corrected chi connectivity index (χ1v) is 12.5. The SMILES string of the molecule is CN1c2ccc(-c3ccccc3CN3CCC(F)(F)C3)cc2C(C(=O)N2Cc3ccccc3C2)=NC1N. The second-order valence-electron chi connectivity index (χ2n) is 10.1. The van der Waals surface area contributed by atoms with Gasteiger partial charge < -0.3 is 9.80 Å². The number of hydrogen-bond acceptors (Lipinski definition) is 5. The van der Waals surface area contributed by atoms with E-state index in [1.165, 1.54) is 0 Å². The second kappa shape index (κ2) is 9.04. The van der Waals surface area contributed by atoms with E-state index in [4.69, 9.17) is 5.73 Å². The minimum atomic E-state index is -2.63. The molecular weight excluding hydrogens is 472 g/mol. The molecule has 0 spiro atoms. The molecule has 37 heavy (non-hydrogen) atoms. The number of carbonyl (C=O) groups excluding carboxylic acids is 1. The number of benzene rings is 3. The first kappa shape index (κ1) is 23.8. The molecule has 3 aliphatic heterocycles. The minimum Gasteiger partial charge on any atom is -0.340 e. The third-order valence-corrected chi connectivity index (χ3v) is 7.59. The van der Waals surface area contributed by atoms with E-state index in [0.29, 0.717) is 31.9 Å². The van der Waals surface area contributed by atoms with Crippen LogP contribution in [0.2, 0.25) is 0 Å². The summed E-state index contributed by atoms with van der Waals surface area (Å²) < 4.78 is 27.6. The Hall–Kier alpha value is -3.62. The molecule has 3 aliphatic rings. The van der Waals surface area contributed by atoms with E-state index >= 15 is 0 Å². The van der Waals surface area contributed by atoms with E-state index in [-0.39, 0.29) is 18.9 Å². The predicted molar refractivity (Wildman–Crippen MR) is 140 cm³/mol. The molecule has 6 nitrogen and oxygen atoms in total. The van der Waals surface area contributed by atoms with Gasteiger partial charge in [0.1, 0.15) is 5.71 Å². The fourth-order valence-corrected chi connectivity index (χ4v) is 5.55. The quantitative estimate of drug-likeness (QED) is 0.582. The van der Waals surface area contributed by atoms with Crippen molar-refractivity contribution in [3.05, 3.63) is 89.0 Å². The van der Waals surface area contributed by atoms with Crippen LogP contribution in [0.1, 0.15) is 28.7 Å². The lowest BCUT2D eigenvalue weighted by Crippen LogP contribution is -2.45. The summed E-state index contributed by atoms with van der Waals surface area (Å²) in [6, 6.07) is 21.9. The van der Waals surface area contributed by atoms with Crippen LogP contribution in [-0.2, 0) is 24.4 Å². The highest BCUT2D eigenvalue weighted by Crippen LogP contribution is 2.35. The Kier molecular flexibility index (Phi) is 5.81. The zero-order valence-corrected chi connectivity index (χ0v) is 20.7.